The van der Waals surface area contributed by atoms with E-state index in [2.05, 4.69) is 26.1 Å². The Morgan fingerprint density at radius 1 is 1.20 bits per heavy atom. The highest BCUT2D eigenvalue weighted by atomic mass is 79.9. The van der Waals surface area contributed by atoms with Crippen LogP contribution >= 0.6 is 15.9 Å². The molecule has 0 unspecified atom stereocenters. The number of para-hydroxylation sites is 1. The van der Waals surface area contributed by atoms with Crippen LogP contribution in [0.25, 0.3) is 0 Å². The lowest BCUT2D eigenvalue weighted by Gasteiger charge is -2.62. The van der Waals surface area contributed by atoms with Gasteiger partial charge in [-0.15, -0.1) is 0 Å². The summed E-state index contributed by atoms with van der Waals surface area (Å²) in [6.45, 7) is 1.71. The van der Waals surface area contributed by atoms with Crippen molar-refractivity contribution in [2.45, 2.75) is 55.3 Å². The molecule has 2 aromatic carbocycles. The van der Waals surface area contributed by atoms with Gasteiger partial charge in [0.1, 0.15) is 5.76 Å². The van der Waals surface area contributed by atoms with E-state index in [1.165, 1.54) is 12.8 Å². The van der Waals surface area contributed by atoms with E-state index in [-0.39, 0.29) is 29.5 Å². The number of amides is 1. The first-order valence-electron chi connectivity index (χ1n) is 12.3. The quantitative estimate of drug-likeness (QED) is 0.472. The Morgan fingerprint density at radius 2 is 2.00 bits per heavy atom. The number of benzene rings is 2. The number of carbonyl (C=O) groups excluding carboxylic acids is 1. The van der Waals surface area contributed by atoms with E-state index in [1.54, 1.807) is 12.1 Å². The second-order valence-electron chi connectivity index (χ2n) is 10.7. The third kappa shape index (κ3) is 2.81. The van der Waals surface area contributed by atoms with Gasteiger partial charge in [-0.05, 0) is 77.8 Å². The highest BCUT2D eigenvalue weighted by Gasteiger charge is 2.73. The number of phenols is 1. The number of nitrogens with one attached hydrogen (secondary N) is 1. The number of aliphatic hydroxyl groups excluding tert-OH is 1. The van der Waals surface area contributed by atoms with Gasteiger partial charge in [0, 0.05) is 29.0 Å². The molecule has 7 rings (SSSR count). The highest BCUT2D eigenvalue weighted by molar-refractivity contribution is 9.10. The average molecular weight is 539 g/mol. The van der Waals surface area contributed by atoms with Gasteiger partial charge in [-0.1, -0.05) is 18.2 Å². The first kappa shape index (κ1) is 21.7. The smallest absolute Gasteiger partial charge is 0.255 e. The van der Waals surface area contributed by atoms with E-state index in [1.807, 2.05) is 24.3 Å². The number of hydrogen-bond acceptors (Lipinski definition) is 6. The molecule has 2 bridgehead atoms. The maximum atomic E-state index is 13.5. The second kappa shape index (κ2) is 7.24. The molecule has 0 aromatic heterocycles. The minimum Gasteiger partial charge on any atom is -0.508 e. The maximum absolute atomic E-state index is 13.5. The van der Waals surface area contributed by atoms with Crippen molar-refractivity contribution >= 4 is 27.5 Å². The van der Waals surface area contributed by atoms with Crippen molar-refractivity contribution in [2.24, 2.45) is 5.92 Å². The molecule has 4 atom stereocenters. The number of anilines is 1. The molecule has 2 fully saturated rings. The molecule has 8 heteroatoms. The van der Waals surface area contributed by atoms with Gasteiger partial charge >= 0.3 is 0 Å². The van der Waals surface area contributed by atoms with E-state index in [0.717, 1.165) is 28.7 Å². The van der Waals surface area contributed by atoms with Crippen molar-refractivity contribution in [1.29, 1.82) is 0 Å². The third-order valence-electron chi connectivity index (χ3n) is 8.91. The van der Waals surface area contributed by atoms with Crippen LogP contribution in [-0.4, -0.2) is 57.0 Å². The predicted octanol–water partition coefficient (Wildman–Crippen LogP) is 3.78. The van der Waals surface area contributed by atoms with Crippen LogP contribution < -0.4 is 10.1 Å². The van der Waals surface area contributed by atoms with Crippen molar-refractivity contribution in [3.8, 4) is 11.5 Å². The highest BCUT2D eigenvalue weighted by Crippen LogP contribution is 2.66. The Hall–Kier alpha value is -2.55. The van der Waals surface area contributed by atoms with Gasteiger partial charge in [-0.25, -0.2) is 0 Å². The van der Waals surface area contributed by atoms with Crippen LogP contribution in [0.5, 0.6) is 11.5 Å². The lowest BCUT2D eigenvalue weighted by Crippen LogP contribution is -2.75. The van der Waals surface area contributed by atoms with Crippen LogP contribution in [-0.2, 0) is 16.6 Å². The van der Waals surface area contributed by atoms with E-state index in [4.69, 9.17) is 4.74 Å². The van der Waals surface area contributed by atoms with E-state index >= 15 is 0 Å². The molecule has 2 aromatic rings. The van der Waals surface area contributed by atoms with Gasteiger partial charge in [0.05, 0.1) is 22.3 Å². The van der Waals surface area contributed by atoms with E-state index in [9.17, 15) is 20.1 Å². The Balaban J connectivity index is 1.37. The molecule has 2 aliphatic heterocycles. The van der Waals surface area contributed by atoms with Crippen molar-refractivity contribution < 1.29 is 24.9 Å². The van der Waals surface area contributed by atoms with Crippen molar-refractivity contribution in [2.75, 3.05) is 18.4 Å². The number of halogens is 1. The zero-order chi connectivity index (χ0) is 24.1. The van der Waals surface area contributed by atoms with Crippen molar-refractivity contribution in [1.82, 2.24) is 4.90 Å². The minimum absolute atomic E-state index is 0.000697. The summed E-state index contributed by atoms with van der Waals surface area (Å²) in [5, 5.41) is 37.6. The van der Waals surface area contributed by atoms with Gasteiger partial charge in [-0.3, -0.25) is 9.69 Å². The third-order valence-corrected chi connectivity index (χ3v) is 9.60. The number of likely N-dealkylation sites (tertiary alicyclic amines) is 1. The van der Waals surface area contributed by atoms with Gasteiger partial charge in [0.2, 0.25) is 0 Å². The Labute approximate surface area is 211 Å². The monoisotopic (exact) mass is 538 g/mol. The first-order valence-corrected chi connectivity index (χ1v) is 13.1. The minimum atomic E-state index is -1.32. The fraction of sp³-hybridized carbons (Fsp3) is 0.444. The lowest BCUT2D eigenvalue weighted by atomic mass is 9.49. The number of phenolic OH excluding ortho intramolecular Hbond substituents is 1. The maximum Gasteiger partial charge on any atom is 0.255 e. The van der Waals surface area contributed by atoms with Gasteiger partial charge < -0.3 is 25.4 Å². The lowest BCUT2D eigenvalue weighted by molar-refractivity contribution is -0.172. The SMILES string of the molecule is O=C(Nc1ccccc1Br)C1=C(O)[C@@H]2Oc3c(O)ccc4c3[C@@]23CCN(CC2CC2)[C@H](C4)[C@]3(O)C1. The van der Waals surface area contributed by atoms with Crippen LogP contribution in [0.3, 0.4) is 0 Å². The predicted molar refractivity (Wildman–Crippen MR) is 133 cm³/mol. The Kier molecular flexibility index (Phi) is 4.49. The van der Waals surface area contributed by atoms with Crippen LogP contribution in [0, 0.1) is 5.92 Å². The van der Waals surface area contributed by atoms with Crippen LogP contribution in [0.2, 0.25) is 0 Å². The summed E-state index contributed by atoms with van der Waals surface area (Å²) in [6, 6.07) is 10.6. The Bertz CT molecular complexity index is 1310. The van der Waals surface area contributed by atoms with Gasteiger partial charge in [-0.2, -0.15) is 0 Å². The van der Waals surface area contributed by atoms with Crippen LogP contribution in [0.1, 0.15) is 36.8 Å². The molecule has 182 valence electrons. The summed E-state index contributed by atoms with van der Waals surface area (Å²) in [4.78, 5) is 15.9. The summed E-state index contributed by atoms with van der Waals surface area (Å²) in [5.41, 5.74) is 0.357. The number of piperidine rings is 1. The molecular weight excluding hydrogens is 512 g/mol. The molecule has 1 saturated heterocycles. The standard InChI is InChI=1S/C27H27BrN2O5/c28-17-3-1-2-4-18(17)29-25(33)16-12-27(34)20-11-15-7-8-19(31)23-21(15)26(27,24(35-23)22(16)32)9-10-30(20)13-14-5-6-14/h1-4,7-8,14,20,24,31-32,34H,5-6,9-13H2,(H,29,33)/t20-,24+,26+,27-/m1/s1. The fourth-order valence-electron chi connectivity index (χ4n) is 7.13. The van der Waals surface area contributed by atoms with E-state index in [0.29, 0.717) is 30.2 Å². The van der Waals surface area contributed by atoms with E-state index < -0.39 is 23.0 Å². The zero-order valence-electron chi connectivity index (χ0n) is 19.1. The second-order valence-corrected chi connectivity index (χ2v) is 11.6. The topological polar surface area (TPSA) is 102 Å². The number of hydrogen-bond donors (Lipinski definition) is 4. The zero-order valence-corrected chi connectivity index (χ0v) is 20.7. The summed E-state index contributed by atoms with van der Waals surface area (Å²) in [6.07, 6.45) is 2.73. The fourth-order valence-corrected chi connectivity index (χ4v) is 7.51. The normalized spacial score (nSPS) is 32.7. The molecule has 1 saturated carbocycles. The van der Waals surface area contributed by atoms with Gasteiger partial charge in [0.25, 0.3) is 5.91 Å². The van der Waals surface area contributed by atoms with Gasteiger partial charge in [0.15, 0.2) is 17.6 Å². The number of aliphatic hydroxyl groups is 2. The largest absolute Gasteiger partial charge is 0.508 e. The molecule has 1 amide bonds. The molecule has 2 heterocycles. The summed E-state index contributed by atoms with van der Waals surface area (Å²) < 4.78 is 6.97. The number of carbonyl (C=O) groups is 1. The summed E-state index contributed by atoms with van der Waals surface area (Å²) >= 11 is 3.45. The first-order chi connectivity index (χ1) is 16.8. The molecule has 4 N–H and O–H groups in total. The molecule has 0 radical (unpaired) electrons. The molecule has 7 nitrogen and oxygen atoms in total. The molecule has 1 spiro atoms. The molecule has 35 heavy (non-hydrogen) atoms. The average Bonchev–Trinajstić information content (AvgIpc) is 3.57. The van der Waals surface area contributed by atoms with Crippen LogP contribution in [0.4, 0.5) is 5.69 Å². The number of aromatic hydroxyl groups is 1. The number of nitrogens with zero attached hydrogens (tertiary/aromatic N) is 1. The summed E-state index contributed by atoms with van der Waals surface area (Å²) in [5.74, 6) is 0.377. The molecule has 3 aliphatic carbocycles. The number of ether oxygens (including phenoxy) is 1. The molecular formula is C27H27BrN2O5. The summed E-state index contributed by atoms with van der Waals surface area (Å²) in [7, 11) is 0. The van der Waals surface area contributed by atoms with Crippen molar-refractivity contribution in [3.63, 3.8) is 0 Å². The molecule has 5 aliphatic rings. The van der Waals surface area contributed by atoms with Crippen LogP contribution in [0.15, 0.2) is 52.2 Å². The number of rotatable bonds is 4. The Morgan fingerprint density at radius 3 is 2.77 bits per heavy atom. The van der Waals surface area contributed by atoms with Crippen molar-refractivity contribution in [3.05, 3.63) is 63.3 Å².